The summed E-state index contributed by atoms with van der Waals surface area (Å²) in [4.78, 5) is 14.5. The lowest BCUT2D eigenvalue weighted by Crippen LogP contribution is -2.36. The molecule has 1 fully saturated rings. The largest absolute Gasteiger partial charge is 0.330 e. The van der Waals surface area contributed by atoms with E-state index in [0.29, 0.717) is 25.0 Å². The van der Waals surface area contributed by atoms with Crippen LogP contribution >= 0.6 is 67.8 Å². The van der Waals surface area contributed by atoms with Gasteiger partial charge in [-0.25, -0.2) is 0 Å². The summed E-state index contributed by atoms with van der Waals surface area (Å²) in [6, 6.07) is 4.57. The van der Waals surface area contributed by atoms with Gasteiger partial charge in [0.2, 0.25) is 5.91 Å². The molecule has 1 aliphatic rings. The number of nitrogens with two attached hydrogens (primary N) is 1. The summed E-state index contributed by atoms with van der Waals surface area (Å²) in [5.41, 5.74) is 6.66. The number of hydrogen-bond donors (Lipinski definition) is 2. The standard InChI is InChI=1S/C14H18I3N3O/c1-8-2-9(5-18)6-20(8)7-13(21)19-14-11(16)3-10(15)4-12(14)17/h3-4,8-9H,2,5-7,18H2,1H3,(H,19,21). The highest BCUT2D eigenvalue weighted by molar-refractivity contribution is 14.1. The molecule has 4 nitrogen and oxygen atoms in total. The molecule has 0 bridgehead atoms. The highest BCUT2D eigenvalue weighted by Crippen LogP contribution is 2.28. The maximum atomic E-state index is 12.3. The Morgan fingerprint density at radius 1 is 1.38 bits per heavy atom. The summed E-state index contributed by atoms with van der Waals surface area (Å²) < 4.78 is 3.33. The predicted molar refractivity (Wildman–Crippen MR) is 111 cm³/mol. The molecule has 1 saturated heterocycles. The van der Waals surface area contributed by atoms with Crippen molar-refractivity contribution in [3.05, 3.63) is 22.8 Å². The Morgan fingerprint density at radius 3 is 2.52 bits per heavy atom. The van der Waals surface area contributed by atoms with E-state index in [0.717, 1.165) is 25.8 Å². The molecule has 21 heavy (non-hydrogen) atoms. The fourth-order valence-electron chi connectivity index (χ4n) is 2.63. The van der Waals surface area contributed by atoms with Crippen LogP contribution in [0.2, 0.25) is 0 Å². The molecule has 0 radical (unpaired) electrons. The number of likely N-dealkylation sites (tertiary alicyclic amines) is 1. The normalized spacial score (nSPS) is 22.5. The van der Waals surface area contributed by atoms with Gasteiger partial charge in [-0.05, 0) is 106 Å². The lowest BCUT2D eigenvalue weighted by atomic mass is 10.1. The summed E-state index contributed by atoms with van der Waals surface area (Å²) in [5, 5.41) is 3.06. The summed E-state index contributed by atoms with van der Waals surface area (Å²) in [5.74, 6) is 0.572. The molecule has 1 heterocycles. The van der Waals surface area contributed by atoms with Crippen LogP contribution in [0.25, 0.3) is 0 Å². The lowest BCUT2D eigenvalue weighted by Gasteiger charge is -2.20. The van der Waals surface area contributed by atoms with E-state index in [1.54, 1.807) is 0 Å². The number of benzene rings is 1. The van der Waals surface area contributed by atoms with Crippen molar-refractivity contribution in [3.63, 3.8) is 0 Å². The molecule has 2 unspecified atom stereocenters. The van der Waals surface area contributed by atoms with Crippen LogP contribution < -0.4 is 11.1 Å². The maximum Gasteiger partial charge on any atom is 0.238 e. The zero-order valence-electron chi connectivity index (χ0n) is 11.7. The molecule has 1 amide bonds. The maximum absolute atomic E-state index is 12.3. The minimum atomic E-state index is 0.0524. The first-order valence-electron chi connectivity index (χ1n) is 6.79. The molecule has 0 saturated carbocycles. The van der Waals surface area contributed by atoms with Crippen molar-refractivity contribution in [2.24, 2.45) is 11.7 Å². The molecule has 2 rings (SSSR count). The third-order valence-corrected chi connectivity index (χ3v) is 6.07. The first-order valence-corrected chi connectivity index (χ1v) is 10.0. The minimum absolute atomic E-state index is 0.0524. The Bertz CT molecular complexity index is 515. The first kappa shape index (κ1) is 18.1. The van der Waals surface area contributed by atoms with E-state index in [9.17, 15) is 4.79 Å². The van der Waals surface area contributed by atoms with Gasteiger partial charge in [-0.1, -0.05) is 0 Å². The van der Waals surface area contributed by atoms with Crippen LogP contribution in [0, 0.1) is 16.6 Å². The van der Waals surface area contributed by atoms with E-state index in [2.05, 4.69) is 97.0 Å². The van der Waals surface area contributed by atoms with Gasteiger partial charge in [-0.15, -0.1) is 0 Å². The molecule has 1 aliphatic heterocycles. The number of amides is 1. The minimum Gasteiger partial charge on any atom is -0.330 e. The Hall–Kier alpha value is 0.800. The van der Waals surface area contributed by atoms with Gasteiger partial charge >= 0.3 is 0 Å². The van der Waals surface area contributed by atoms with E-state index in [4.69, 9.17) is 5.73 Å². The number of rotatable bonds is 4. The van der Waals surface area contributed by atoms with Gasteiger partial charge in [0.25, 0.3) is 0 Å². The van der Waals surface area contributed by atoms with Crippen molar-refractivity contribution in [1.29, 1.82) is 0 Å². The van der Waals surface area contributed by atoms with E-state index in [1.165, 1.54) is 3.57 Å². The van der Waals surface area contributed by atoms with E-state index in [-0.39, 0.29) is 5.91 Å². The van der Waals surface area contributed by atoms with Crippen molar-refractivity contribution in [2.45, 2.75) is 19.4 Å². The lowest BCUT2D eigenvalue weighted by molar-refractivity contribution is -0.117. The number of carbonyl (C=O) groups excluding carboxylic acids is 1. The second kappa shape index (κ2) is 8.06. The second-order valence-corrected chi connectivity index (χ2v) is 8.98. The van der Waals surface area contributed by atoms with E-state index < -0.39 is 0 Å². The quantitative estimate of drug-likeness (QED) is 0.507. The number of anilines is 1. The molecule has 1 aromatic carbocycles. The average molecular weight is 625 g/mol. The summed E-state index contributed by atoms with van der Waals surface area (Å²) in [7, 11) is 0. The Balaban J connectivity index is 2.00. The molecule has 3 N–H and O–H groups in total. The van der Waals surface area contributed by atoms with Crippen LogP contribution in [0.15, 0.2) is 12.1 Å². The monoisotopic (exact) mass is 625 g/mol. The topological polar surface area (TPSA) is 58.4 Å². The van der Waals surface area contributed by atoms with Crippen LogP contribution in [0.3, 0.4) is 0 Å². The first-order chi connectivity index (χ1) is 9.90. The predicted octanol–water partition coefficient (Wildman–Crippen LogP) is 3.11. The molecule has 1 aromatic rings. The summed E-state index contributed by atoms with van der Waals surface area (Å²) >= 11 is 6.83. The molecule has 0 aromatic heterocycles. The number of halogens is 3. The highest BCUT2D eigenvalue weighted by Gasteiger charge is 2.29. The van der Waals surface area contributed by atoms with Gasteiger partial charge < -0.3 is 11.1 Å². The highest BCUT2D eigenvalue weighted by atomic mass is 127. The molecule has 7 heteroatoms. The van der Waals surface area contributed by atoms with Gasteiger partial charge in [0, 0.05) is 23.3 Å². The molecule has 116 valence electrons. The number of nitrogens with zero attached hydrogens (tertiary/aromatic N) is 1. The molecular weight excluding hydrogens is 607 g/mol. The second-order valence-electron chi connectivity index (χ2n) is 5.41. The summed E-state index contributed by atoms with van der Waals surface area (Å²) in [6.45, 7) is 4.23. The van der Waals surface area contributed by atoms with Crippen LogP contribution in [-0.4, -0.2) is 36.5 Å². The Labute approximate surface area is 166 Å². The zero-order valence-corrected chi connectivity index (χ0v) is 18.2. The van der Waals surface area contributed by atoms with Crippen LogP contribution in [-0.2, 0) is 4.79 Å². The SMILES string of the molecule is CC1CC(CN)CN1CC(=O)Nc1c(I)cc(I)cc1I. The van der Waals surface area contributed by atoms with Crippen molar-refractivity contribution in [3.8, 4) is 0 Å². The van der Waals surface area contributed by atoms with Crippen molar-refractivity contribution < 1.29 is 4.79 Å². The van der Waals surface area contributed by atoms with Gasteiger partial charge in [0.05, 0.1) is 12.2 Å². The van der Waals surface area contributed by atoms with Crippen LogP contribution in [0.4, 0.5) is 5.69 Å². The van der Waals surface area contributed by atoms with Gasteiger partial charge in [0.1, 0.15) is 0 Å². The van der Waals surface area contributed by atoms with Gasteiger partial charge in [-0.2, -0.15) is 0 Å². The third-order valence-electron chi connectivity index (χ3n) is 3.74. The molecule has 2 atom stereocenters. The van der Waals surface area contributed by atoms with Gasteiger partial charge in [0.15, 0.2) is 0 Å². The van der Waals surface area contributed by atoms with Crippen LogP contribution in [0.1, 0.15) is 13.3 Å². The van der Waals surface area contributed by atoms with Crippen LogP contribution in [0.5, 0.6) is 0 Å². The van der Waals surface area contributed by atoms with E-state index in [1.807, 2.05) is 0 Å². The molecular formula is C14H18I3N3O. The Morgan fingerprint density at radius 2 is 2.00 bits per heavy atom. The number of nitrogens with one attached hydrogen (secondary N) is 1. The number of carbonyl (C=O) groups is 1. The fraction of sp³-hybridized carbons (Fsp3) is 0.500. The van der Waals surface area contributed by atoms with E-state index >= 15 is 0 Å². The third kappa shape index (κ3) is 4.88. The van der Waals surface area contributed by atoms with Gasteiger partial charge in [-0.3, -0.25) is 9.69 Å². The Kier molecular flexibility index (Phi) is 6.97. The van der Waals surface area contributed by atoms with Crippen molar-refractivity contribution in [1.82, 2.24) is 4.90 Å². The number of hydrogen-bond acceptors (Lipinski definition) is 3. The average Bonchev–Trinajstić information content (AvgIpc) is 2.74. The summed E-state index contributed by atoms with van der Waals surface area (Å²) in [6.07, 6.45) is 1.09. The molecule has 0 spiro atoms. The van der Waals surface area contributed by atoms with Crippen molar-refractivity contribution in [2.75, 3.05) is 25.0 Å². The fourth-order valence-corrected chi connectivity index (χ4v) is 6.49. The smallest absolute Gasteiger partial charge is 0.238 e. The van der Waals surface area contributed by atoms with Crippen molar-refractivity contribution >= 4 is 79.4 Å². The zero-order chi connectivity index (χ0) is 15.6. The molecule has 0 aliphatic carbocycles.